The lowest BCUT2D eigenvalue weighted by Crippen LogP contribution is -2.13. The Hall–Kier alpha value is -0.370. The smallest absolute Gasteiger partial charge is 0.306 e. The SMILES string of the molecule is COC(=O)CC1(CSc2ncncc2I)CC1. The Morgan fingerprint density at radius 3 is 3.00 bits per heavy atom. The molecule has 1 aliphatic carbocycles. The zero-order valence-electron chi connectivity index (χ0n) is 9.48. The summed E-state index contributed by atoms with van der Waals surface area (Å²) in [6, 6.07) is 0. The lowest BCUT2D eigenvalue weighted by Gasteiger charge is -2.12. The number of hydrogen-bond donors (Lipinski definition) is 0. The van der Waals surface area contributed by atoms with Gasteiger partial charge in [0, 0.05) is 11.9 Å². The van der Waals surface area contributed by atoms with E-state index in [1.165, 1.54) is 7.11 Å². The van der Waals surface area contributed by atoms with E-state index >= 15 is 0 Å². The van der Waals surface area contributed by atoms with Crippen molar-refractivity contribution in [2.24, 2.45) is 5.41 Å². The van der Waals surface area contributed by atoms with E-state index in [1.54, 1.807) is 24.3 Å². The summed E-state index contributed by atoms with van der Waals surface area (Å²) in [6.07, 6.45) is 6.10. The summed E-state index contributed by atoms with van der Waals surface area (Å²) >= 11 is 3.93. The second-order valence-corrected chi connectivity index (χ2v) is 6.34. The molecule has 0 spiro atoms. The molecule has 0 aromatic carbocycles. The summed E-state index contributed by atoms with van der Waals surface area (Å²) in [5.41, 5.74) is 0.145. The van der Waals surface area contributed by atoms with Crippen LogP contribution in [0.25, 0.3) is 0 Å². The summed E-state index contributed by atoms with van der Waals surface area (Å²) in [6.45, 7) is 0. The molecule has 1 aliphatic rings. The number of rotatable bonds is 5. The first-order chi connectivity index (χ1) is 8.15. The number of thioether (sulfide) groups is 1. The monoisotopic (exact) mass is 364 g/mol. The highest BCUT2D eigenvalue weighted by Gasteiger charge is 2.44. The Morgan fingerprint density at radius 1 is 1.65 bits per heavy atom. The minimum atomic E-state index is -0.111. The van der Waals surface area contributed by atoms with Crippen molar-refractivity contribution < 1.29 is 9.53 Å². The van der Waals surface area contributed by atoms with Gasteiger partial charge in [-0.2, -0.15) is 0 Å². The fraction of sp³-hybridized carbons (Fsp3) is 0.545. The molecule has 6 heteroatoms. The van der Waals surface area contributed by atoms with Crippen molar-refractivity contribution in [3.05, 3.63) is 16.1 Å². The zero-order chi connectivity index (χ0) is 12.3. The van der Waals surface area contributed by atoms with Crippen molar-refractivity contribution in [3.8, 4) is 0 Å². The van der Waals surface area contributed by atoms with Gasteiger partial charge in [0.2, 0.25) is 0 Å². The topological polar surface area (TPSA) is 52.1 Å². The highest BCUT2D eigenvalue weighted by molar-refractivity contribution is 14.1. The van der Waals surface area contributed by atoms with Crippen LogP contribution in [-0.4, -0.2) is 28.8 Å². The van der Waals surface area contributed by atoms with Crippen LogP contribution in [0.15, 0.2) is 17.6 Å². The third-order valence-corrected chi connectivity index (χ3v) is 5.36. The van der Waals surface area contributed by atoms with Crippen LogP contribution >= 0.6 is 34.4 Å². The highest BCUT2D eigenvalue weighted by atomic mass is 127. The van der Waals surface area contributed by atoms with Gasteiger partial charge in [0.05, 0.1) is 17.1 Å². The second-order valence-electron chi connectivity index (χ2n) is 4.22. The average Bonchev–Trinajstić information content (AvgIpc) is 3.08. The average molecular weight is 364 g/mol. The number of hydrogen-bond acceptors (Lipinski definition) is 5. The number of ether oxygens (including phenoxy) is 1. The van der Waals surface area contributed by atoms with Gasteiger partial charge in [0.15, 0.2) is 0 Å². The molecule has 0 radical (unpaired) electrons. The van der Waals surface area contributed by atoms with E-state index < -0.39 is 0 Å². The Balaban J connectivity index is 1.90. The second kappa shape index (κ2) is 5.51. The number of carbonyl (C=O) groups is 1. The minimum Gasteiger partial charge on any atom is -0.469 e. The van der Waals surface area contributed by atoms with Gasteiger partial charge >= 0.3 is 5.97 Å². The lowest BCUT2D eigenvalue weighted by molar-refractivity contribution is -0.141. The van der Waals surface area contributed by atoms with Crippen molar-refractivity contribution in [2.45, 2.75) is 24.3 Å². The molecule has 1 aromatic heterocycles. The molecule has 0 bridgehead atoms. The van der Waals surface area contributed by atoms with E-state index in [0.717, 1.165) is 27.2 Å². The van der Waals surface area contributed by atoms with E-state index in [0.29, 0.717) is 6.42 Å². The molecule has 0 aliphatic heterocycles. The number of methoxy groups -OCH3 is 1. The normalized spacial score (nSPS) is 16.6. The molecular weight excluding hydrogens is 351 g/mol. The van der Waals surface area contributed by atoms with Gasteiger partial charge in [-0.15, -0.1) is 11.8 Å². The number of carbonyl (C=O) groups excluding carboxylic acids is 1. The molecule has 1 saturated carbocycles. The zero-order valence-corrected chi connectivity index (χ0v) is 12.5. The van der Waals surface area contributed by atoms with Gasteiger partial charge in [-0.1, -0.05) is 0 Å². The molecule has 0 atom stereocenters. The fourth-order valence-corrected chi connectivity index (χ4v) is 3.47. The molecule has 0 N–H and O–H groups in total. The lowest BCUT2D eigenvalue weighted by atomic mass is 10.1. The van der Waals surface area contributed by atoms with Crippen LogP contribution in [0.2, 0.25) is 0 Å². The van der Waals surface area contributed by atoms with Gasteiger partial charge in [-0.25, -0.2) is 9.97 Å². The Bertz CT molecular complexity index is 424. The van der Waals surface area contributed by atoms with E-state index in [9.17, 15) is 4.79 Å². The largest absolute Gasteiger partial charge is 0.469 e. The summed E-state index contributed by atoms with van der Waals surface area (Å²) in [7, 11) is 1.44. The summed E-state index contributed by atoms with van der Waals surface area (Å²) in [5.74, 6) is 0.815. The molecule has 92 valence electrons. The van der Waals surface area contributed by atoms with Crippen LogP contribution in [0.5, 0.6) is 0 Å². The Labute approximate surface area is 118 Å². The van der Waals surface area contributed by atoms with Gasteiger partial charge in [-0.3, -0.25) is 4.79 Å². The number of esters is 1. The highest BCUT2D eigenvalue weighted by Crippen LogP contribution is 2.52. The predicted molar refractivity (Wildman–Crippen MR) is 73.8 cm³/mol. The van der Waals surface area contributed by atoms with E-state index in [4.69, 9.17) is 4.74 Å². The third-order valence-electron chi connectivity index (χ3n) is 2.85. The first-order valence-corrected chi connectivity index (χ1v) is 7.37. The number of aromatic nitrogens is 2. The van der Waals surface area contributed by atoms with Crippen molar-refractivity contribution in [1.82, 2.24) is 9.97 Å². The quantitative estimate of drug-likeness (QED) is 0.348. The van der Waals surface area contributed by atoms with Crippen LogP contribution in [0, 0.1) is 8.99 Å². The Morgan fingerprint density at radius 2 is 2.41 bits per heavy atom. The van der Waals surface area contributed by atoms with E-state index in [-0.39, 0.29) is 11.4 Å². The van der Waals surface area contributed by atoms with E-state index in [1.807, 2.05) is 0 Å². The standard InChI is InChI=1S/C11H13IN2O2S/c1-16-9(15)4-11(2-3-11)6-17-10-8(12)5-13-7-14-10/h5,7H,2-4,6H2,1H3. The van der Waals surface area contributed by atoms with Crippen molar-refractivity contribution in [2.75, 3.05) is 12.9 Å². The number of nitrogens with zero attached hydrogens (tertiary/aromatic N) is 2. The molecule has 0 unspecified atom stereocenters. The fourth-order valence-electron chi connectivity index (χ4n) is 1.56. The van der Waals surface area contributed by atoms with Crippen LogP contribution < -0.4 is 0 Å². The van der Waals surface area contributed by atoms with Crippen LogP contribution in [-0.2, 0) is 9.53 Å². The summed E-state index contributed by atoms with van der Waals surface area (Å²) in [4.78, 5) is 19.5. The number of halogens is 1. The molecule has 1 fully saturated rings. The molecule has 1 heterocycles. The minimum absolute atomic E-state index is 0.111. The first-order valence-electron chi connectivity index (χ1n) is 5.30. The molecule has 17 heavy (non-hydrogen) atoms. The molecule has 4 nitrogen and oxygen atoms in total. The molecule has 2 rings (SSSR count). The predicted octanol–water partition coefficient (Wildman–Crippen LogP) is 2.52. The van der Waals surface area contributed by atoms with Crippen LogP contribution in [0.3, 0.4) is 0 Å². The first kappa shape index (κ1) is 13.1. The van der Waals surface area contributed by atoms with Crippen LogP contribution in [0.4, 0.5) is 0 Å². The van der Waals surface area contributed by atoms with Gasteiger partial charge in [0.1, 0.15) is 11.4 Å². The van der Waals surface area contributed by atoms with Crippen LogP contribution in [0.1, 0.15) is 19.3 Å². The maximum absolute atomic E-state index is 11.3. The van der Waals surface area contributed by atoms with Gasteiger partial charge in [0.25, 0.3) is 0 Å². The van der Waals surface area contributed by atoms with Crippen molar-refractivity contribution >= 4 is 40.3 Å². The van der Waals surface area contributed by atoms with Crippen molar-refractivity contribution in [3.63, 3.8) is 0 Å². The molecule has 1 aromatic rings. The summed E-state index contributed by atoms with van der Waals surface area (Å²) < 4.78 is 5.79. The molecule has 0 amide bonds. The molecule has 0 saturated heterocycles. The maximum atomic E-state index is 11.3. The third kappa shape index (κ3) is 3.54. The van der Waals surface area contributed by atoms with Gasteiger partial charge in [-0.05, 0) is 40.8 Å². The van der Waals surface area contributed by atoms with Crippen molar-refractivity contribution in [1.29, 1.82) is 0 Å². The summed E-state index contributed by atoms with van der Waals surface area (Å²) in [5, 5.41) is 0.997. The van der Waals surface area contributed by atoms with E-state index in [2.05, 4.69) is 32.6 Å². The van der Waals surface area contributed by atoms with Gasteiger partial charge < -0.3 is 4.74 Å². The molecular formula is C11H13IN2O2S. The maximum Gasteiger partial charge on any atom is 0.306 e. The Kier molecular flexibility index (Phi) is 4.24.